The second-order valence-corrected chi connectivity index (χ2v) is 7.53. The first-order chi connectivity index (χ1) is 13.6. The van der Waals surface area contributed by atoms with Gasteiger partial charge in [0.15, 0.2) is 0 Å². The highest BCUT2D eigenvalue weighted by atomic mass is 16.2. The van der Waals surface area contributed by atoms with E-state index in [0.29, 0.717) is 39.0 Å². The van der Waals surface area contributed by atoms with Crippen LogP contribution in [0.5, 0.6) is 0 Å². The molecule has 2 atom stereocenters. The minimum Gasteiger partial charge on any atom is -0.323 e. The van der Waals surface area contributed by atoms with Gasteiger partial charge in [0, 0.05) is 39.0 Å². The lowest BCUT2D eigenvalue weighted by atomic mass is 9.88. The smallest absolute Gasteiger partial charge is 0.320 e. The fourth-order valence-electron chi connectivity index (χ4n) is 4.17. The summed E-state index contributed by atoms with van der Waals surface area (Å²) in [4.78, 5) is 41.5. The Bertz CT molecular complexity index is 794. The Hall–Kier alpha value is -2.95. The number of carbonyl (C=O) groups is 3. The maximum Gasteiger partial charge on any atom is 0.320 e. The highest BCUT2D eigenvalue weighted by Gasteiger charge is 2.36. The molecule has 2 unspecified atom stereocenters. The van der Waals surface area contributed by atoms with Gasteiger partial charge >= 0.3 is 6.03 Å². The van der Waals surface area contributed by atoms with Crippen LogP contribution in [0.3, 0.4) is 0 Å². The third kappa shape index (κ3) is 3.70. The first kappa shape index (κ1) is 18.4. The zero-order valence-corrected chi connectivity index (χ0v) is 15.8. The van der Waals surface area contributed by atoms with Crippen molar-refractivity contribution >= 4 is 17.6 Å². The number of hydrogen-bond donors (Lipinski definition) is 0. The van der Waals surface area contributed by atoms with E-state index in [-0.39, 0.29) is 29.4 Å². The van der Waals surface area contributed by atoms with Crippen LogP contribution in [-0.2, 0) is 9.59 Å². The van der Waals surface area contributed by atoms with Crippen LogP contribution >= 0.6 is 0 Å². The third-order valence-electron chi connectivity index (χ3n) is 5.78. The Labute approximate surface area is 164 Å². The number of hydrogen-bond acceptors (Lipinski definition) is 3. The highest BCUT2D eigenvalue weighted by Crippen LogP contribution is 2.28. The van der Waals surface area contributed by atoms with E-state index in [1.807, 2.05) is 60.7 Å². The quantitative estimate of drug-likeness (QED) is 0.809. The molecule has 0 bridgehead atoms. The van der Waals surface area contributed by atoms with E-state index in [1.54, 1.807) is 9.80 Å². The van der Waals surface area contributed by atoms with Crippen LogP contribution in [0.25, 0.3) is 0 Å². The molecule has 2 fully saturated rings. The first-order valence-electron chi connectivity index (χ1n) is 9.82. The summed E-state index contributed by atoms with van der Waals surface area (Å²) in [5.41, 5.74) is 1.92. The average molecular weight is 376 g/mol. The largest absolute Gasteiger partial charge is 0.323 e. The van der Waals surface area contributed by atoms with Crippen LogP contribution in [0.15, 0.2) is 60.7 Å². The fourth-order valence-corrected chi connectivity index (χ4v) is 4.17. The molecule has 2 aromatic carbocycles. The topological polar surface area (TPSA) is 57.7 Å². The predicted octanol–water partition coefficient (Wildman–Crippen LogP) is 3.22. The molecular formula is C23H24N2O3. The fraction of sp³-hybridized carbons (Fsp3) is 0.348. The number of piperidine rings is 2. The van der Waals surface area contributed by atoms with Gasteiger partial charge in [-0.25, -0.2) is 4.79 Å². The Kier molecular flexibility index (Phi) is 5.24. The average Bonchev–Trinajstić information content (AvgIpc) is 2.75. The van der Waals surface area contributed by atoms with Gasteiger partial charge in [-0.15, -0.1) is 0 Å². The summed E-state index contributed by atoms with van der Waals surface area (Å²) in [6.45, 7) is 1.70. The molecule has 2 saturated heterocycles. The molecule has 5 heteroatoms. The highest BCUT2D eigenvalue weighted by molar-refractivity contribution is 5.91. The Morgan fingerprint density at radius 1 is 0.679 bits per heavy atom. The minimum atomic E-state index is -0.268. The molecule has 0 aliphatic carbocycles. The summed E-state index contributed by atoms with van der Waals surface area (Å²) in [6, 6.07) is 19.2. The number of Topliss-reactive ketones (excluding diaryl/α,β-unsaturated/α-hetero) is 2. The molecule has 0 aromatic heterocycles. The number of urea groups is 1. The van der Waals surface area contributed by atoms with Crippen molar-refractivity contribution in [2.45, 2.75) is 24.7 Å². The normalized spacial score (nSPS) is 23.0. The Morgan fingerprint density at radius 3 is 1.46 bits per heavy atom. The van der Waals surface area contributed by atoms with Gasteiger partial charge in [0.1, 0.15) is 11.6 Å². The van der Waals surface area contributed by atoms with Crippen LogP contribution < -0.4 is 0 Å². The minimum absolute atomic E-state index is 0.0677. The van der Waals surface area contributed by atoms with Crippen molar-refractivity contribution in [2.24, 2.45) is 0 Å². The molecule has 2 aromatic rings. The molecule has 4 rings (SSSR count). The number of likely N-dealkylation sites (tertiary alicyclic amines) is 2. The van der Waals surface area contributed by atoms with Crippen molar-refractivity contribution in [3.63, 3.8) is 0 Å². The van der Waals surface area contributed by atoms with Crippen LogP contribution in [0, 0.1) is 0 Å². The van der Waals surface area contributed by atoms with Crippen LogP contribution in [0.1, 0.15) is 35.8 Å². The van der Waals surface area contributed by atoms with Gasteiger partial charge in [0.05, 0.1) is 11.8 Å². The van der Waals surface area contributed by atoms with Crippen LogP contribution in [-0.4, -0.2) is 53.6 Å². The molecule has 2 heterocycles. The van der Waals surface area contributed by atoms with Crippen LogP contribution in [0.2, 0.25) is 0 Å². The van der Waals surface area contributed by atoms with E-state index < -0.39 is 0 Å². The molecule has 0 saturated carbocycles. The van der Waals surface area contributed by atoms with Crippen molar-refractivity contribution in [3.05, 3.63) is 71.8 Å². The number of ketones is 2. The van der Waals surface area contributed by atoms with Gasteiger partial charge in [0.2, 0.25) is 0 Å². The van der Waals surface area contributed by atoms with Gasteiger partial charge in [-0.2, -0.15) is 0 Å². The monoisotopic (exact) mass is 376 g/mol. The Balaban J connectivity index is 1.48. The molecule has 0 radical (unpaired) electrons. The zero-order valence-electron chi connectivity index (χ0n) is 15.8. The molecule has 2 aliphatic heterocycles. The standard InChI is InChI=1S/C23H24N2O3/c26-21-11-13-24(15-19(21)17-7-3-1-4-8-17)23(28)25-14-12-22(27)20(16-25)18-9-5-2-6-10-18/h1-10,19-20H,11-16H2. The Morgan fingerprint density at radius 2 is 1.07 bits per heavy atom. The summed E-state index contributed by atoms with van der Waals surface area (Å²) >= 11 is 0. The van der Waals surface area contributed by atoms with Crippen molar-refractivity contribution in [2.75, 3.05) is 26.2 Å². The summed E-state index contributed by atoms with van der Waals surface area (Å²) in [6.07, 6.45) is 0.750. The number of amides is 2. The summed E-state index contributed by atoms with van der Waals surface area (Å²) in [7, 11) is 0. The van der Waals surface area contributed by atoms with E-state index in [1.165, 1.54) is 0 Å². The molecule has 0 N–H and O–H groups in total. The van der Waals surface area contributed by atoms with E-state index in [9.17, 15) is 14.4 Å². The van der Waals surface area contributed by atoms with Gasteiger partial charge in [-0.05, 0) is 11.1 Å². The molecular weight excluding hydrogens is 352 g/mol. The molecule has 0 spiro atoms. The maximum atomic E-state index is 13.1. The molecule has 5 nitrogen and oxygen atoms in total. The lowest BCUT2D eigenvalue weighted by Gasteiger charge is -2.39. The van der Waals surface area contributed by atoms with E-state index in [2.05, 4.69) is 0 Å². The zero-order chi connectivity index (χ0) is 19.5. The number of nitrogens with zero attached hydrogens (tertiary/aromatic N) is 2. The molecule has 2 aliphatic rings. The van der Waals surface area contributed by atoms with E-state index in [0.717, 1.165) is 11.1 Å². The second-order valence-electron chi connectivity index (χ2n) is 7.53. The van der Waals surface area contributed by atoms with Gasteiger partial charge in [0.25, 0.3) is 0 Å². The summed E-state index contributed by atoms with van der Waals surface area (Å²) in [5, 5.41) is 0. The van der Waals surface area contributed by atoms with Gasteiger partial charge in [-0.1, -0.05) is 60.7 Å². The third-order valence-corrected chi connectivity index (χ3v) is 5.78. The van der Waals surface area contributed by atoms with E-state index in [4.69, 9.17) is 0 Å². The SMILES string of the molecule is O=C1CCN(C(=O)N2CCC(=O)C(c3ccccc3)C2)CC1c1ccccc1. The van der Waals surface area contributed by atoms with Crippen molar-refractivity contribution in [1.29, 1.82) is 0 Å². The predicted molar refractivity (Wildman–Crippen MR) is 106 cm³/mol. The summed E-state index contributed by atoms with van der Waals surface area (Å²) < 4.78 is 0. The van der Waals surface area contributed by atoms with Gasteiger partial charge in [-0.3, -0.25) is 9.59 Å². The van der Waals surface area contributed by atoms with Crippen LogP contribution in [0.4, 0.5) is 4.79 Å². The second kappa shape index (κ2) is 7.97. The first-order valence-corrected chi connectivity index (χ1v) is 9.82. The number of rotatable bonds is 2. The molecule has 28 heavy (non-hydrogen) atoms. The van der Waals surface area contributed by atoms with Crippen molar-refractivity contribution in [1.82, 2.24) is 9.80 Å². The van der Waals surface area contributed by atoms with E-state index >= 15 is 0 Å². The van der Waals surface area contributed by atoms with Crippen molar-refractivity contribution in [3.8, 4) is 0 Å². The molecule has 144 valence electrons. The number of carbonyl (C=O) groups excluding carboxylic acids is 3. The lowest BCUT2D eigenvalue weighted by Crippen LogP contribution is -2.52. The van der Waals surface area contributed by atoms with Gasteiger partial charge < -0.3 is 9.80 Å². The maximum absolute atomic E-state index is 13.1. The lowest BCUT2D eigenvalue weighted by molar-refractivity contribution is -0.122. The number of benzene rings is 2. The summed E-state index contributed by atoms with van der Waals surface area (Å²) in [5.74, 6) is -0.164. The van der Waals surface area contributed by atoms with Crippen molar-refractivity contribution < 1.29 is 14.4 Å². The molecule has 2 amide bonds.